The van der Waals surface area contributed by atoms with Gasteiger partial charge in [0.25, 0.3) is 0 Å². The Kier molecular flexibility index (Phi) is 10.7. The Labute approximate surface area is 266 Å². The molecule has 0 fully saturated rings. The maximum Gasteiger partial charge on any atom is 0.338 e. The summed E-state index contributed by atoms with van der Waals surface area (Å²) >= 11 is 0. The van der Waals surface area contributed by atoms with Gasteiger partial charge in [-0.3, -0.25) is 0 Å². The van der Waals surface area contributed by atoms with Gasteiger partial charge in [0.1, 0.15) is 0 Å². The highest BCUT2D eigenvalue weighted by Crippen LogP contribution is 2.22. The van der Waals surface area contributed by atoms with Crippen LogP contribution in [0.2, 0.25) is 0 Å². The van der Waals surface area contributed by atoms with Crippen LogP contribution in [0.1, 0.15) is 74.8 Å². The lowest BCUT2D eigenvalue weighted by atomic mass is 9.96. The van der Waals surface area contributed by atoms with Crippen molar-refractivity contribution in [2.75, 3.05) is 28.4 Å². The highest BCUT2D eigenvalue weighted by atomic mass is 16.5. The van der Waals surface area contributed by atoms with Crippen LogP contribution in [-0.4, -0.2) is 52.3 Å². The van der Waals surface area contributed by atoms with Crippen LogP contribution in [0.5, 0.6) is 0 Å². The number of carbonyl (C=O) groups excluding carboxylic acids is 4. The third kappa shape index (κ3) is 7.68. The van der Waals surface area contributed by atoms with E-state index in [2.05, 4.69) is 35.5 Å². The molecule has 8 nitrogen and oxygen atoms in total. The number of ether oxygens (including phenoxy) is 4. The quantitative estimate of drug-likeness (QED) is 0.180. The molecule has 0 saturated heterocycles. The molecule has 0 amide bonds. The molecule has 0 aliphatic heterocycles. The van der Waals surface area contributed by atoms with Crippen LogP contribution >= 0.6 is 0 Å². The summed E-state index contributed by atoms with van der Waals surface area (Å²) in [5, 5.41) is 0. The van der Waals surface area contributed by atoms with E-state index in [1.807, 2.05) is 60.7 Å². The van der Waals surface area contributed by atoms with Crippen molar-refractivity contribution in [2.45, 2.75) is 0 Å². The predicted molar refractivity (Wildman–Crippen MR) is 169 cm³/mol. The molecule has 0 radical (unpaired) electrons. The van der Waals surface area contributed by atoms with E-state index in [1.54, 1.807) is 0 Å². The van der Waals surface area contributed by atoms with Gasteiger partial charge >= 0.3 is 23.9 Å². The number of benzene rings is 4. The minimum atomic E-state index is -0.782. The normalized spacial score (nSPS) is 9.57. The molecule has 46 heavy (non-hydrogen) atoms. The van der Waals surface area contributed by atoms with Gasteiger partial charge < -0.3 is 18.9 Å². The number of hydrogen-bond donors (Lipinski definition) is 0. The monoisotopic (exact) mass is 610 g/mol. The third-order valence-corrected chi connectivity index (χ3v) is 6.50. The molecule has 4 aromatic carbocycles. The molecule has 0 spiro atoms. The average Bonchev–Trinajstić information content (AvgIpc) is 3.11. The van der Waals surface area contributed by atoms with E-state index in [4.69, 9.17) is 18.9 Å². The van der Waals surface area contributed by atoms with Gasteiger partial charge in [0.15, 0.2) is 0 Å². The molecule has 0 saturated carbocycles. The molecule has 0 aliphatic rings. The van der Waals surface area contributed by atoms with Gasteiger partial charge in [0.05, 0.1) is 50.7 Å². The van der Waals surface area contributed by atoms with Crippen molar-refractivity contribution in [3.63, 3.8) is 0 Å². The first-order valence-corrected chi connectivity index (χ1v) is 13.6. The fourth-order valence-corrected chi connectivity index (χ4v) is 4.19. The summed E-state index contributed by atoms with van der Waals surface area (Å²) in [6.07, 6.45) is 0. The Balaban J connectivity index is 2.00. The Bertz CT molecular complexity index is 1860. The van der Waals surface area contributed by atoms with Gasteiger partial charge in [-0.05, 0) is 48.5 Å². The van der Waals surface area contributed by atoms with Crippen molar-refractivity contribution in [2.24, 2.45) is 0 Å². The van der Waals surface area contributed by atoms with Gasteiger partial charge in [-0.15, -0.1) is 0 Å². The van der Waals surface area contributed by atoms with E-state index in [0.717, 1.165) is 0 Å². The number of rotatable bonds is 4. The minimum Gasteiger partial charge on any atom is -0.465 e. The second-order valence-corrected chi connectivity index (χ2v) is 9.34. The first-order valence-electron chi connectivity index (χ1n) is 13.6. The number of hydrogen-bond acceptors (Lipinski definition) is 8. The van der Waals surface area contributed by atoms with E-state index in [0.29, 0.717) is 22.3 Å². The first-order chi connectivity index (χ1) is 22.3. The van der Waals surface area contributed by atoms with Crippen LogP contribution in [0, 0.1) is 35.5 Å². The van der Waals surface area contributed by atoms with Crippen LogP contribution in [0.3, 0.4) is 0 Å². The molecule has 0 atom stereocenters. The summed E-state index contributed by atoms with van der Waals surface area (Å²) in [6.45, 7) is 0. The SMILES string of the molecule is COC(=O)c1cc(C#Cc2ccccc2)c(C#Cc2cc(C(=O)OC)c(C(=O)OC)cc2C#Cc2ccccc2)cc1C(=O)OC. The molecule has 0 unspecified atom stereocenters. The second-order valence-electron chi connectivity index (χ2n) is 9.34. The van der Waals surface area contributed by atoms with Crippen molar-refractivity contribution in [3.8, 4) is 35.5 Å². The largest absolute Gasteiger partial charge is 0.465 e. The van der Waals surface area contributed by atoms with E-state index < -0.39 is 23.9 Å². The van der Waals surface area contributed by atoms with Gasteiger partial charge in [-0.1, -0.05) is 71.9 Å². The van der Waals surface area contributed by atoms with E-state index in [1.165, 1.54) is 52.7 Å². The maximum atomic E-state index is 12.7. The molecule has 8 heteroatoms. The second kappa shape index (κ2) is 15.3. The summed E-state index contributed by atoms with van der Waals surface area (Å²) in [5.74, 6) is 15.0. The van der Waals surface area contributed by atoms with Crippen molar-refractivity contribution in [1.29, 1.82) is 0 Å². The van der Waals surface area contributed by atoms with Crippen LogP contribution in [0.15, 0.2) is 84.9 Å². The smallest absolute Gasteiger partial charge is 0.338 e. The fraction of sp³-hybridized carbons (Fsp3) is 0.105. The number of methoxy groups -OCH3 is 4. The lowest BCUT2D eigenvalue weighted by Crippen LogP contribution is -2.13. The third-order valence-electron chi connectivity index (χ3n) is 6.50. The van der Waals surface area contributed by atoms with Crippen molar-refractivity contribution in [1.82, 2.24) is 0 Å². The van der Waals surface area contributed by atoms with Crippen molar-refractivity contribution >= 4 is 23.9 Å². The highest BCUT2D eigenvalue weighted by molar-refractivity contribution is 6.05. The van der Waals surface area contributed by atoms with E-state index in [-0.39, 0.29) is 33.4 Å². The molecule has 226 valence electrons. The van der Waals surface area contributed by atoms with Crippen molar-refractivity contribution in [3.05, 3.63) is 141 Å². The molecule has 4 aromatic rings. The first kappa shape index (κ1) is 32.4. The van der Waals surface area contributed by atoms with Gasteiger partial charge in [-0.25, -0.2) is 19.2 Å². The predicted octanol–water partition coefficient (Wildman–Crippen LogP) is 5.03. The molecular weight excluding hydrogens is 584 g/mol. The van der Waals surface area contributed by atoms with Crippen LogP contribution in [0.25, 0.3) is 0 Å². The van der Waals surface area contributed by atoms with E-state index in [9.17, 15) is 19.2 Å². The average molecular weight is 611 g/mol. The summed E-state index contributed by atoms with van der Waals surface area (Å²) in [6, 6.07) is 23.9. The molecule has 0 aromatic heterocycles. The zero-order chi connectivity index (χ0) is 33.1. The topological polar surface area (TPSA) is 105 Å². The maximum absolute atomic E-state index is 12.7. The zero-order valence-electron chi connectivity index (χ0n) is 25.3. The number of carbonyl (C=O) groups is 4. The Morgan fingerprint density at radius 2 is 0.630 bits per heavy atom. The zero-order valence-corrected chi connectivity index (χ0v) is 25.3. The van der Waals surface area contributed by atoms with Crippen LogP contribution in [0.4, 0.5) is 0 Å². The van der Waals surface area contributed by atoms with Crippen LogP contribution in [-0.2, 0) is 18.9 Å². The van der Waals surface area contributed by atoms with Crippen molar-refractivity contribution < 1.29 is 38.1 Å². The lowest BCUT2D eigenvalue weighted by Gasteiger charge is -2.10. The van der Waals surface area contributed by atoms with E-state index >= 15 is 0 Å². The molecular formula is C38H26O8. The number of esters is 4. The highest BCUT2D eigenvalue weighted by Gasteiger charge is 2.22. The molecule has 0 N–H and O–H groups in total. The lowest BCUT2D eigenvalue weighted by molar-refractivity contribution is 0.0555. The summed E-state index contributed by atoms with van der Waals surface area (Å²) in [4.78, 5) is 50.7. The Morgan fingerprint density at radius 1 is 0.391 bits per heavy atom. The summed E-state index contributed by atoms with van der Waals surface area (Å²) < 4.78 is 19.6. The Morgan fingerprint density at radius 3 is 0.870 bits per heavy atom. The van der Waals surface area contributed by atoms with Crippen LogP contribution < -0.4 is 0 Å². The summed E-state index contributed by atoms with van der Waals surface area (Å²) in [7, 11) is 4.77. The minimum absolute atomic E-state index is 0.0536. The fourth-order valence-electron chi connectivity index (χ4n) is 4.19. The van der Waals surface area contributed by atoms with Gasteiger partial charge in [0.2, 0.25) is 0 Å². The standard InChI is InChI=1S/C38H26O8/c1-43-35(39)31-21-27(17-15-25-11-7-5-8-12-25)29(23-33(31)37(41)45-3)19-20-30-24-34(38(42)46-4)32(36(40)44-2)22-28(30)18-16-26-13-9-6-10-14-26/h5-14,21-24H,1-4H3. The van der Waals surface area contributed by atoms with Gasteiger partial charge in [0, 0.05) is 33.4 Å². The molecule has 4 rings (SSSR count). The molecule has 0 bridgehead atoms. The molecule has 0 heterocycles. The van der Waals surface area contributed by atoms with Gasteiger partial charge in [-0.2, -0.15) is 0 Å². The summed E-state index contributed by atoms with van der Waals surface area (Å²) in [5.41, 5.74) is 2.33. The Hall–Kier alpha value is -6.56. The molecule has 0 aliphatic carbocycles.